The minimum atomic E-state index is -2.05. The van der Waals surface area contributed by atoms with Crippen LogP contribution >= 0.6 is 0 Å². The number of ether oxygens (including phenoxy) is 2. The summed E-state index contributed by atoms with van der Waals surface area (Å²) in [7, 11) is 1.64. The van der Waals surface area contributed by atoms with Crippen molar-refractivity contribution in [3.8, 4) is 0 Å². The topological polar surface area (TPSA) is 137 Å². The molecule has 1 fully saturated rings. The van der Waals surface area contributed by atoms with Gasteiger partial charge in [0, 0.05) is 32.2 Å². The van der Waals surface area contributed by atoms with Crippen molar-refractivity contribution in [3.05, 3.63) is 42.2 Å². The average Bonchev–Trinajstić information content (AvgIpc) is 3.45. The Morgan fingerprint density at radius 2 is 1.90 bits per heavy atom. The van der Waals surface area contributed by atoms with Gasteiger partial charge >= 0.3 is 5.97 Å². The van der Waals surface area contributed by atoms with E-state index in [2.05, 4.69) is 25.6 Å². The summed E-state index contributed by atoms with van der Waals surface area (Å²) in [6, 6.07) is 9.13. The number of benzene rings is 1. The largest absolute Gasteiger partial charge is 0.463 e. The molecule has 1 aliphatic heterocycles. The minimum Gasteiger partial charge on any atom is -0.463 e. The number of hydrogen-bond acceptors (Lipinski definition) is 9. The number of hydrogen-bond donors (Lipinski definition) is 2. The van der Waals surface area contributed by atoms with E-state index in [-0.39, 0.29) is 55.6 Å². The molecule has 3 heterocycles. The fourth-order valence-corrected chi connectivity index (χ4v) is 4.67. The molecule has 0 unspecified atom stereocenters. The molecule has 4 rings (SSSR count). The summed E-state index contributed by atoms with van der Waals surface area (Å²) in [5.41, 5.74) is -0.675. The molecule has 3 aromatic rings. The maximum atomic E-state index is 16.6. The quantitative estimate of drug-likeness (QED) is 0.349. The second-order valence-corrected chi connectivity index (χ2v) is 9.60. The third kappa shape index (κ3) is 6.06. The van der Waals surface area contributed by atoms with Crippen LogP contribution in [0.2, 0.25) is 0 Å². The Labute approximate surface area is 225 Å². The van der Waals surface area contributed by atoms with Crippen LogP contribution in [0.1, 0.15) is 51.8 Å². The Balaban J connectivity index is 1.63. The van der Waals surface area contributed by atoms with Crippen LogP contribution in [-0.2, 0) is 30.3 Å². The average molecular weight is 541 g/mol. The van der Waals surface area contributed by atoms with Gasteiger partial charge in [-0.1, -0.05) is 44.2 Å². The lowest BCUT2D eigenvalue weighted by atomic mass is 9.83. The highest BCUT2D eigenvalue weighted by Gasteiger charge is 2.56. The standard InChI is InChI=1S/C27H33FN6O5/c1-5-17(35)13-18-19(14-38-21(37)12-16-10-8-7-9-11-16)39-25(27(18,3)28)34-15-30-22-23(29-4)32-26(33-24(22)34)31-20(36)6-2/h7-11,15,18-19,25H,5-6,12-14H2,1-4H3,(H2,29,31,32,33,36)/t18-,19-,25-,27-/m1/s1. The van der Waals surface area contributed by atoms with E-state index in [1.54, 1.807) is 20.9 Å². The smallest absolute Gasteiger partial charge is 0.310 e. The van der Waals surface area contributed by atoms with Crippen molar-refractivity contribution in [3.63, 3.8) is 0 Å². The number of Topliss-reactive ketones (excluding diaryl/α,β-unsaturated/α-hetero) is 1. The van der Waals surface area contributed by atoms with Crippen molar-refractivity contribution in [1.82, 2.24) is 19.5 Å². The van der Waals surface area contributed by atoms with Crippen molar-refractivity contribution in [2.75, 3.05) is 24.3 Å². The lowest BCUT2D eigenvalue weighted by molar-refractivity contribution is -0.148. The van der Waals surface area contributed by atoms with Crippen molar-refractivity contribution < 1.29 is 28.2 Å². The normalized spacial score (nSPS) is 22.5. The predicted molar refractivity (Wildman–Crippen MR) is 142 cm³/mol. The van der Waals surface area contributed by atoms with E-state index < -0.39 is 29.9 Å². The number of halogens is 1. The lowest BCUT2D eigenvalue weighted by Gasteiger charge is -2.27. The number of aromatic nitrogens is 4. The Morgan fingerprint density at radius 3 is 2.56 bits per heavy atom. The second-order valence-electron chi connectivity index (χ2n) is 9.60. The molecule has 11 nitrogen and oxygen atoms in total. The molecule has 208 valence electrons. The minimum absolute atomic E-state index is 0.0307. The van der Waals surface area contributed by atoms with E-state index in [0.29, 0.717) is 11.3 Å². The summed E-state index contributed by atoms with van der Waals surface area (Å²) >= 11 is 0. The van der Waals surface area contributed by atoms with E-state index >= 15 is 4.39 Å². The molecule has 1 amide bonds. The predicted octanol–water partition coefficient (Wildman–Crippen LogP) is 3.61. The van der Waals surface area contributed by atoms with Crippen LogP contribution < -0.4 is 10.6 Å². The number of alkyl halides is 1. The number of fused-ring (bicyclic) bond motifs is 1. The molecular formula is C27H33FN6O5. The highest BCUT2D eigenvalue weighted by atomic mass is 19.1. The van der Waals surface area contributed by atoms with Gasteiger partial charge in [0.25, 0.3) is 0 Å². The summed E-state index contributed by atoms with van der Waals surface area (Å²) in [6.45, 7) is 4.56. The first-order valence-electron chi connectivity index (χ1n) is 13.0. The van der Waals surface area contributed by atoms with Gasteiger partial charge < -0.3 is 14.8 Å². The Bertz CT molecular complexity index is 1350. The van der Waals surface area contributed by atoms with Gasteiger partial charge in [0.2, 0.25) is 11.9 Å². The summed E-state index contributed by atoms with van der Waals surface area (Å²) in [5, 5.41) is 5.53. The van der Waals surface area contributed by atoms with Crippen LogP contribution in [0.25, 0.3) is 11.2 Å². The number of esters is 1. The summed E-state index contributed by atoms with van der Waals surface area (Å²) in [4.78, 5) is 49.9. The zero-order valence-corrected chi connectivity index (χ0v) is 22.4. The number of ketones is 1. The maximum Gasteiger partial charge on any atom is 0.310 e. The number of imidazole rings is 1. The van der Waals surface area contributed by atoms with Gasteiger partial charge in [0.05, 0.1) is 12.7 Å². The molecule has 0 spiro atoms. The molecule has 1 aliphatic rings. The third-order valence-corrected chi connectivity index (χ3v) is 6.89. The fourth-order valence-electron chi connectivity index (χ4n) is 4.67. The zero-order chi connectivity index (χ0) is 28.2. The molecule has 0 radical (unpaired) electrons. The van der Waals surface area contributed by atoms with Gasteiger partial charge in [-0.3, -0.25) is 24.3 Å². The number of carbonyl (C=O) groups is 3. The Kier molecular flexibility index (Phi) is 8.54. The molecule has 12 heteroatoms. The van der Waals surface area contributed by atoms with Crippen LogP contribution in [0.3, 0.4) is 0 Å². The van der Waals surface area contributed by atoms with E-state index in [0.717, 1.165) is 5.56 Å². The molecule has 0 bridgehead atoms. The first kappa shape index (κ1) is 28.1. The highest BCUT2D eigenvalue weighted by molar-refractivity contribution is 5.91. The molecule has 2 N–H and O–H groups in total. The van der Waals surface area contributed by atoms with Crippen LogP contribution in [0, 0.1) is 5.92 Å². The first-order chi connectivity index (χ1) is 18.7. The number of nitrogens with zero attached hydrogens (tertiary/aromatic N) is 4. The molecule has 0 aliphatic carbocycles. The summed E-state index contributed by atoms with van der Waals surface area (Å²) in [5.74, 6) is -1.41. The van der Waals surface area contributed by atoms with Crippen LogP contribution in [-0.4, -0.2) is 62.6 Å². The van der Waals surface area contributed by atoms with Gasteiger partial charge in [-0.15, -0.1) is 0 Å². The molecule has 1 aromatic carbocycles. The molecule has 39 heavy (non-hydrogen) atoms. The monoisotopic (exact) mass is 540 g/mol. The van der Waals surface area contributed by atoms with Crippen molar-refractivity contribution >= 4 is 40.6 Å². The number of anilines is 2. The molecule has 1 saturated heterocycles. The van der Waals surface area contributed by atoms with Gasteiger partial charge in [-0.2, -0.15) is 9.97 Å². The molecule has 4 atom stereocenters. The van der Waals surface area contributed by atoms with Crippen molar-refractivity contribution in [1.29, 1.82) is 0 Å². The van der Waals surface area contributed by atoms with E-state index in [1.165, 1.54) is 17.8 Å². The van der Waals surface area contributed by atoms with Crippen LogP contribution in [0.4, 0.5) is 16.2 Å². The number of rotatable bonds is 11. The maximum absolute atomic E-state index is 16.6. The van der Waals surface area contributed by atoms with Crippen molar-refractivity contribution in [2.24, 2.45) is 5.92 Å². The summed E-state index contributed by atoms with van der Waals surface area (Å²) < 4.78 is 29.7. The zero-order valence-electron chi connectivity index (χ0n) is 22.4. The number of amides is 1. The van der Waals surface area contributed by atoms with E-state index in [4.69, 9.17) is 9.47 Å². The SMILES string of the molecule is CCC(=O)C[C@@H]1[C@@H](COC(=O)Cc2ccccc2)O[C@@H](n2cnc3c(NC)nc(NC(=O)CC)nc32)[C@]1(C)F. The highest BCUT2D eigenvalue weighted by Crippen LogP contribution is 2.48. The van der Waals surface area contributed by atoms with Gasteiger partial charge in [-0.25, -0.2) is 9.37 Å². The van der Waals surface area contributed by atoms with Gasteiger partial charge in [-0.05, 0) is 12.5 Å². The molecule has 0 saturated carbocycles. The lowest BCUT2D eigenvalue weighted by Crippen LogP contribution is -2.37. The second kappa shape index (κ2) is 11.9. The molecule has 2 aromatic heterocycles. The van der Waals surface area contributed by atoms with Crippen LogP contribution in [0.5, 0.6) is 0 Å². The number of carbonyl (C=O) groups excluding carboxylic acids is 3. The summed E-state index contributed by atoms with van der Waals surface area (Å²) in [6.07, 6.45) is -0.289. The van der Waals surface area contributed by atoms with Crippen LogP contribution in [0.15, 0.2) is 36.7 Å². The van der Waals surface area contributed by atoms with Crippen molar-refractivity contribution in [2.45, 2.75) is 64.5 Å². The number of nitrogens with one attached hydrogen (secondary N) is 2. The third-order valence-electron chi connectivity index (χ3n) is 6.89. The Hall–Kier alpha value is -3.93. The van der Waals surface area contributed by atoms with E-state index in [1.807, 2.05) is 30.3 Å². The van der Waals surface area contributed by atoms with Gasteiger partial charge in [0.15, 0.2) is 28.9 Å². The Morgan fingerprint density at radius 1 is 1.15 bits per heavy atom. The van der Waals surface area contributed by atoms with Gasteiger partial charge in [0.1, 0.15) is 18.5 Å². The molecular weight excluding hydrogens is 507 g/mol. The fraction of sp³-hybridized carbons (Fsp3) is 0.481. The first-order valence-corrected chi connectivity index (χ1v) is 13.0. The van der Waals surface area contributed by atoms with E-state index in [9.17, 15) is 14.4 Å².